The zero-order valence-electron chi connectivity index (χ0n) is 20.8. The van der Waals surface area contributed by atoms with Gasteiger partial charge in [-0.05, 0) is 60.5 Å². The lowest BCUT2D eigenvalue weighted by Crippen LogP contribution is -2.24. The molecular weight excluding hydrogens is 456 g/mol. The van der Waals surface area contributed by atoms with Crippen molar-refractivity contribution in [3.63, 3.8) is 0 Å². The predicted octanol–water partition coefficient (Wildman–Crippen LogP) is 4.55. The number of carbonyl (C=O) groups excluding carboxylic acids is 1. The van der Waals surface area contributed by atoms with Gasteiger partial charge in [-0.3, -0.25) is 4.79 Å². The van der Waals surface area contributed by atoms with Crippen molar-refractivity contribution in [2.75, 3.05) is 21.3 Å². The van der Waals surface area contributed by atoms with Gasteiger partial charge in [0.2, 0.25) is 11.7 Å². The van der Waals surface area contributed by atoms with Crippen LogP contribution in [0.25, 0.3) is 17.6 Å². The number of fused-ring (bicyclic) bond motifs is 1. The molecule has 0 aliphatic carbocycles. The van der Waals surface area contributed by atoms with E-state index in [0.29, 0.717) is 30.3 Å². The molecule has 1 aliphatic rings. The molecule has 0 unspecified atom stereocenters. The molecule has 1 aliphatic heterocycles. The van der Waals surface area contributed by atoms with Gasteiger partial charge in [0.25, 0.3) is 0 Å². The van der Waals surface area contributed by atoms with Gasteiger partial charge in [0, 0.05) is 24.0 Å². The summed E-state index contributed by atoms with van der Waals surface area (Å²) in [5.74, 6) is 2.43. The van der Waals surface area contributed by atoms with Gasteiger partial charge in [-0.1, -0.05) is 12.1 Å². The Bertz CT molecular complexity index is 1410. The van der Waals surface area contributed by atoms with Crippen LogP contribution in [0.15, 0.2) is 67.0 Å². The zero-order valence-corrected chi connectivity index (χ0v) is 20.8. The van der Waals surface area contributed by atoms with E-state index in [2.05, 4.69) is 19.1 Å². The Balaban J connectivity index is 1.42. The Labute approximate surface area is 209 Å². The van der Waals surface area contributed by atoms with Gasteiger partial charge in [-0.25, -0.2) is 4.68 Å². The van der Waals surface area contributed by atoms with E-state index < -0.39 is 0 Å². The van der Waals surface area contributed by atoms with Crippen LogP contribution >= 0.6 is 0 Å². The molecule has 5 rings (SSSR count). The molecule has 2 aromatic heterocycles. The molecule has 0 radical (unpaired) electrons. The van der Waals surface area contributed by atoms with Crippen molar-refractivity contribution in [2.24, 2.45) is 0 Å². The van der Waals surface area contributed by atoms with Crippen LogP contribution in [0.1, 0.15) is 22.4 Å². The number of amides is 1. The summed E-state index contributed by atoms with van der Waals surface area (Å²) < 4.78 is 20.2. The Morgan fingerprint density at radius 2 is 1.67 bits per heavy atom. The number of hydrogen-bond donors (Lipinski definition) is 0. The van der Waals surface area contributed by atoms with Crippen LogP contribution in [-0.2, 0) is 17.9 Å². The fourth-order valence-corrected chi connectivity index (χ4v) is 4.51. The van der Waals surface area contributed by atoms with E-state index in [9.17, 15) is 4.79 Å². The number of ether oxygens (including phenoxy) is 3. The summed E-state index contributed by atoms with van der Waals surface area (Å²) >= 11 is 0. The molecule has 4 aromatic rings. The minimum Gasteiger partial charge on any atom is -0.493 e. The van der Waals surface area contributed by atoms with Crippen molar-refractivity contribution < 1.29 is 19.0 Å². The second-order valence-corrected chi connectivity index (χ2v) is 8.58. The maximum absolute atomic E-state index is 13.1. The topological polar surface area (TPSA) is 70.8 Å². The third kappa shape index (κ3) is 4.22. The maximum Gasteiger partial charge on any atom is 0.247 e. The molecular formula is C28H28N4O4. The Hall–Kier alpha value is -4.46. The van der Waals surface area contributed by atoms with E-state index in [1.165, 1.54) is 0 Å². The number of hydrogen-bond acceptors (Lipinski definition) is 5. The molecule has 0 spiro atoms. The first-order chi connectivity index (χ1) is 17.5. The number of aryl methyl sites for hydroxylation is 1. The highest BCUT2D eigenvalue weighted by molar-refractivity contribution is 5.92. The van der Waals surface area contributed by atoms with Gasteiger partial charge in [-0.15, -0.1) is 0 Å². The maximum atomic E-state index is 13.1. The van der Waals surface area contributed by atoms with E-state index in [-0.39, 0.29) is 5.91 Å². The summed E-state index contributed by atoms with van der Waals surface area (Å²) in [5, 5.41) is 4.90. The number of methoxy groups -OCH3 is 3. The van der Waals surface area contributed by atoms with Crippen LogP contribution in [0, 0.1) is 6.92 Å². The first kappa shape index (κ1) is 23.3. The quantitative estimate of drug-likeness (QED) is 0.360. The van der Waals surface area contributed by atoms with Crippen LogP contribution in [0.4, 0.5) is 0 Å². The molecule has 0 bridgehead atoms. The molecule has 8 heteroatoms. The fraction of sp³-hybridized carbons (Fsp3) is 0.214. The summed E-state index contributed by atoms with van der Waals surface area (Å²) in [7, 11) is 4.69. The van der Waals surface area contributed by atoms with Gasteiger partial charge in [0.1, 0.15) is 5.82 Å². The molecule has 0 fully saturated rings. The molecule has 2 aromatic carbocycles. The summed E-state index contributed by atoms with van der Waals surface area (Å²) in [6.45, 7) is 2.99. The summed E-state index contributed by atoms with van der Waals surface area (Å²) in [6.07, 6.45) is 7.32. The van der Waals surface area contributed by atoms with Crippen molar-refractivity contribution in [1.82, 2.24) is 19.2 Å². The smallest absolute Gasteiger partial charge is 0.247 e. The molecule has 0 saturated carbocycles. The Morgan fingerprint density at radius 3 is 2.31 bits per heavy atom. The third-order valence-corrected chi connectivity index (χ3v) is 6.24. The molecule has 0 atom stereocenters. The number of benzene rings is 2. The van der Waals surface area contributed by atoms with Crippen LogP contribution in [0.5, 0.6) is 17.2 Å². The summed E-state index contributed by atoms with van der Waals surface area (Å²) in [5.41, 5.74) is 4.87. The van der Waals surface area contributed by atoms with Crippen molar-refractivity contribution in [3.05, 3.63) is 89.4 Å². The first-order valence-electron chi connectivity index (χ1n) is 11.6. The van der Waals surface area contributed by atoms with Crippen molar-refractivity contribution in [2.45, 2.75) is 20.0 Å². The van der Waals surface area contributed by atoms with Crippen LogP contribution in [-0.4, -0.2) is 46.5 Å². The minimum absolute atomic E-state index is 0.0951. The fourth-order valence-electron chi connectivity index (χ4n) is 4.51. The lowest BCUT2D eigenvalue weighted by molar-refractivity contribution is -0.126. The van der Waals surface area contributed by atoms with Crippen molar-refractivity contribution in [1.29, 1.82) is 0 Å². The van der Waals surface area contributed by atoms with E-state index in [1.807, 2.05) is 45.9 Å². The summed E-state index contributed by atoms with van der Waals surface area (Å²) in [6, 6.07) is 15.8. The number of rotatable bonds is 7. The average Bonchev–Trinajstić information content (AvgIpc) is 3.63. The minimum atomic E-state index is -0.0951. The van der Waals surface area contributed by atoms with E-state index >= 15 is 0 Å². The second-order valence-electron chi connectivity index (χ2n) is 8.58. The van der Waals surface area contributed by atoms with Gasteiger partial charge >= 0.3 is 0 Å². The van der Waals surface area contributed by atoms with Crippen molar-refractivity contribution >= 4 is 12.0 Å². The Morgan fingerprint density at radius 1 is 0.944 bits per heavy atom. The van der Waals surface area contributed by atoms with Gasteiger partial charge in [-0.2, -0.15) is 5.10 Å². The number of aromatic nitrogens is 3. The van der Waals surface area contributed by atoms with Gasteiger partial charge in [0.15, 0.2) is 11.5 Å². The van der Waals surface area contributed by atoms with Gasteiger partial charge in [0.05, 0.1) is 45.8 Å². The van der Waals surface area contributed by atoms with Crippen molar-refractivity contribution in [3.8, 4) is 28.8 Å². The molecule has 8 nitrogen and oxygen atoms in total. The van der Waals surface area contributed by atoms with E-state index in [0.717, 1.165) is 33.9 Å². The highest BCUT2D eigenvalue weighted by Crippen LogP contribution is 2.38. The van der Waals surface area contributed by atoms with E-state index in [1.54, 1.807) is 50.5 Å². The largest absolute Gasteiger partial charge is 0.493 e. The molecule has 184 valence electrons. The lowest BCUT2D eigenvalue weighted by Gasteiger charge is -2.16. The second kappa shape index (κ2) is 9.65. The normalized spacial score (nSPS) is 12.7. The summed E-state index contributed by atoms with van der Waals surface area (Å²) in [4.78, 5) is 14.9. The number of nitrogens with zero attached hydrogens (tertiary/aromatic N) is 4. The molecule has 3 heterocycles. The van der Waals surface area contributed by atoms with Crippen LogP contribution in [0.2, 0.25) is 0 Å². The highest BCUT2D eigenvalue weighted by Gasteiger charge is 2.30. The molecule has 36 heavy (non-hydrogen) atoms. The lowest BCUT2D eigenvalue weighted by atomic mass is 10.1. The average molecular weight is 485 g/mol. The molecule has 0 N–H and O–H groups in total. The molecule has 1 amide bonds. The standard InChI is InChI=1S/C28H28N4O4/c1-19-8-7-9-21(14-19)32-28(30-12-5-6-13-30)22-17-31(18-23(22)29-32)26(33)11-10-20-15-24(34-2)27(36-4)25(16-20)35-3/h5-16H,17-18H2,1-4H3/b11-10+. The van der Waals surface area contributed by atoms with Gasteiger partial charge < -0.3 is 23.7 Å². The Kier molecular flexibility index (Phi) is 6.25. The zero-order chi connectivity index (χ0) is 25.2. The first-order valence-corrected chi connectivity index (χ1v) is 11.6. The van der Waals surface area contributed by atoms with E-state index in [4.69, 9.17) is 19.3 Å². The monoisotopic (exact) mass is 484 g/mol. The SMILES string of the molecule is COc1cc(/C=C/C(=O)N2Cc3nn(-c4cccc(C)c4)c(-n4cccc4)c3C2)cc(OC)c1OC. The van der Waals surface area contributed by atoms with Crippen LogP contribution < -0.4 is 14.2 Å². The molecule has 0 saturated heterocycles. The van der Waals surface area contributed by atoms with Crippen LogP contribution in [0.3, 0.4) is 0 Å². The third-order valence-electron chi connectivity index (χ3n) is 6.24. The predicted molar refractivity (Wildman–Crippen MR) is 137 cm³/mol. The number of carbonyl (C=O) groups is 1. The highest BCUT2D eigenvalue weighted by atomic mass is 16.5.